The highest BCUT2D eigenvalue weighted by Gasteiger charge is 2.45. The van der Waals surface area contributed by atoms with Gasteiger partial charge in [0.1, 0.15) is 0 Å². The van der Waals surface area contributed by atoms with Crippen LogP contribution in [0.1, 0.15) is 29.5 Å². The van der Waals surface area contributed by atoms with Crippen molar-refractivity contribution in [2.75, 3.05) is 0 Å². The van der Waals surface area contributed by atoms with Crippen LogP contribution in [0.3, 0.4) is 0 Å². The van der Waals surface area contributed by atoms with E-state index in [-0.39, 0.29) is 11.4 Å². The van der Waals surface area contributed by atoms with Gasteiger partial charge in [-0.2, -0.15) is 0 Å². The normalized spacial score (nSPS) is 15.7. The molecule has 0 radical (unpaired) electrons. The second-order valence-corrected chi connectivity index (χ2v) is 5.60. The molecule has 20 heavy (non-hydrogen) atoms. The van der Waals surface area contributed by atoms with E-state index in [0.717, 1.165) is 18.4 Å². The summed E-state index contributed by atoms with van der Waals surface area (Å²) in [7, 11) is 0. The van der Waals surface area contributed by atoms with Crippen LogP contribution in [0.5, 0.6) is 0 Å². The summed E-state index contributed by atoms with van der Waals surface area (Å²) in [5.74, 6) is 0.112. The van der Waals surface area contributed by atoms with Crippen LogP contribution < -0.4 is 5.32 Å². The van der Waals surface area contributed by atoms with Crippen LogP contribution in [0.15, 0.2) is 54.6 Å². The van der Waals surface area contributed by atoms with E-state index in [1.165, 1.54) is 11.1 Å². The molecule has 0 spiro atoms. The standard InChI is InChI=1S/C18H19NO/c1-14-7-5-6-8-15(14)13-17(20)19-18(11-12-18)16-9-3-2-4-10-16/h2-10H,11-13H2,1H3,(H,19,20). The SMILES string of the molecule is Cc1ccccc1CC(=O)NC1(c2ccccc2)CC1. The first-order valence-electron chi connectivity index (χ1n) is 7.11. The molecule has 0 atom stereocenters. The Bertz CT molecular complexity index is 614. The Morgan fingerprint density at radius 3 is 2.35 bits per heavy atom. The summed E-state index contributed by atoms with van der Waals surface area (Å²) in [5.41, 5.74) is 3.39. The molecule has 102 valence electrons. The second-order valence-electron chi connectivity index (χ2n) is 5.60. The minimum absolute atomic E-state index is 0.110. The summed E-state index contributed by atoms with van der Waals surface area (Å²) in [6.45, 7) is 2.05. The smallest absolute Gasteiger partial charge is 0.225 e. The minimum atomic E-state index is -0.110. The molecular weight excluding hydrogens is 246 g/mol. The first kappa shape index (κ1) is 12.9. The molecule has 3 rings (SSSR count). The zero-order valence-electron chi connectivity index (χ0n) is 11.7. The van der Waals surface area contributed by atoms with Gasteiger partial charge in [0.05, 0.1) is 12.0 Å². The molecule has 2 heteroatoms. The Labute approximate surface area is 119 Å². The van der Waals surface area contributed by atoms with Crippen molar-refractivity contribution in [3.8, 4) is 0 Å². The zero-order chi connectivity index (χ0) is 14.0. The molecule has 2 nitrogen and oxygen atoms in total. The first-order valence-corrected chi connectivity index (χ1v) is 7.11. The lowest BCUT2D eigenvalue weighted by Crippen LogP contribution is -2.35. The van der Waals surface area contributed by atoms with Gasteiger partial charge in [-0.15, -0.1) is 0 Å². The van der Waals surface area contributed by atoms with E-state index < -0.39 is 0 Å². The highest BCUT2D eigenvalue weighted by Crippen LogP contribution is 2.45. The maximum Gasteiger partial charge on any atom is 0.225 e. The molecule has 0 heterocycles. The molecular formula is C18H19NO. The fraction of sp³-hybridized carbons (Fsp3) is 0.278. The highest BCUT2D eigenvalue weighted by atomic mass is 16.1. The molecule has 1 N–H and O–H groups in total. The van der Waals surface area contributed by atoms with Crippen molar-refractivity contribution < 1.29 is 4.79 Å². The van der Waals surface area contributed by atoms with Gasteiger partial charge >= 0.3 is 0 Å². The first-order chi connectivity index (χ1) is 9.70. The van der Waals surface area contributed by atoms with Crippen LogP contribution in [-0.4, -0.2) is 5.91 Å². The summed E-state index contributed by atoms with van der Waals surface area (Å²) in [6, 6.07) is 18.3. The highest BCUT2D eigenvalue weighted by molar-refractivity contribution is 5.80. The third-order valence-electron chi connectivity index (χ3n) is 4.07. The average Bonchev–Trinajstić information content (AvgIpc) is 3.23. The van der Waals surface area contributed by atoms with Crippen LogP contribution in [0, 0.1) is 6.92 Å². The predicted molar refractivity (Wildman–Crippen MR) is 80.4 cm³/mol. The number of hydrogen-bond acceptors (Lipinski definition) is 1. The maximum absolute atomic E-state index is 12.3. The summed E-state index contributed by atoms with van der Waals surface area (Å²) < 4.78 is 0. The minimum Gasteiger partial charge on any atom is -0.346 e. The number of nitrogens with one attached hydrogen (secondary N) is 1. The lowest BCUT2D eigenvalue weighted by molar-refractivity contribution is -0.121. The van der Waals surface area contributed by atoms with Crippen LogP contribution in [-0.2, 0) is 16.8 Å². The van der Waals surface area contributed by atoms with E-state index in [9.17, 15) is 4.79 Å². The third-order valence-corrected chi connectivity index (χ3v) is 4.07. The Kier molecular flexibility index (Phi) is 3.31. The van der Waals surface area contributed by atoms with Crippen molar-refractivity contribution in [1.82, 2.24) is 5.32 Å². The van der Waals surface area contributed by atoms with Gasteiger partial charge in [-0.3, -0.25) is 4.79 Å². The van der Waals surface area contributed by atoms with E-state index in [1.54, 1.807) is 0 Å². The van der Waals surface area contributed by atoms with Gasteiger partial charge in [0.2, 0.25) is 5.91 Å². The van der Waals surface area contributed by atoms with Gasteiger partial charge in [0, 0.05) is 0 Å². The number of carbonyl (C=O) groups is 1. The van der Waals surface area contributed by atoms with E-state index in [1.807, 2.05) is 49.4 Å². The lowest BCUT2D eigenvalue weighted by Gasteiger charge is -2.18. The Morgan fingerprint density at radius 2 is 1.70 bits per heavy atom. The number of benzene rings is 2. The summed E-state index contributed by atoms with van der Waals surface area (Å²) in [4.78, 5) is 12.3. The molecule has 0 unspecified atom stereocenters. The number of amides is 1. The lowest BCUT2D eigenvalue weighted by atomic mass is 10.0. The van der Waals surface area contributed by atoms with Crippen LogP contribution in [0.4, 0.5) is 0 Å². The van der Waals surface area contributed by atoms with Crippen molar-refractivity contribution in [2.45, 2.75) is 31.7 Å². The number of hydrogen-bond donors (Lipinski definition) is 1. The molecule has 0 aromatic heterocycles. The summed E-state index contributed by atoms with van der Waals surface area (Å²) in [6.07, 6.45) is 2.54. The molecule has 1 amide bonds. The molecule has 1 aliphatic carbocycles. The van der Waals surface area contributed by atoms with E-state index >= 15 is 0 Å². The molecule has 2 aromatic rings. The fourth-order valence-electron chi connectivity index (χ4n) is 2.66. The van der Waals surface area contributed by atoms with E-state index in [0.29, 0.717) is 6.42 Å². The third kappa shape index (κ3) is 2.60. The van der Waals surface area contributed by atoms with Gasteiger partial charge in [0.25, 0.3) is 0 Å². The van der Waals surface area contributed by atoms with E-state index in [2.05, 4.69) is 17.4 Å². The molecule has 1 saturated carbocycles. The Hall–Kier alpha value is -2.09. The van der Waals surface area contributed by atoms with Crippen molar-refractivity contribution in [2.24, 2.45) is 0 Å². The molecule has 2 aromatic carbocycles. The molecule has 0 saturated heterocycles. The van der Waals surface area contributed by atoms with Gasteiger partial charge in [0.15, 0.2) is 0 Å². The molecule has 0 aliphatic heterocycles. The Balaban J connectivity index is 1.70. The van der Waals surface area contributed by atoms with Gasteiger partial charge < -0.3 is 5.32 Å². The quantitative estimate of drug-likeness (QED) is 0.902. The maximum atomic E-state index is 12.3. The molecule has 1 aliphatic rings. The monoisotopic (exact) mass is 265 g/mol. The van der Waals surface area contributed by atoms with Crippen molar-refractivity contribution >= 4 is 5.91 Å². The van der Waals surface area contributed by atoms with Crippen LogP contribution in [0.2, 0.25) is 0 Å². The van der Waals surface area contributed by atoms with E-state index in [4.69, 9.17) is 0 Å². The summed E-state index contributed by atoms with van der Waals surface area (Å²) in [5, 5.41) is 3.22. The summed E-state index contributed by atoms with van der Waals surface area (Å²) >= 11 is 0. The zero-order valence-corrected chi connectivity index (χ0v) is 11.7. The molecule has 1 fully saturated rings. The van der Waals surface area contributed by atoms with Gasteiger partial charge in [-0.05, 0) is 36.5 Å². The van der Waals surface area contributed by atoms with Crippen molar-refractivity contribution in [3.05, 3.63) is 71.3 Å². The molecule has 0 bridgehead atoms. The van der Waals surface area contributed by atoms with Crippen LogP contribution >= 0.6 is 0 Å². The van der Waals surface area contributed by atoms with Crippen LogP contribution in [0.25, 0.3) is 0 Å². The average molecular weight is 265 g/mol. The second kappa shape index (κ2) is 5.12. The topological polar surface area (TPSA) is 29.1 Å². The fourth-order valence-corrected chi connectivity index (χ4v) is 2.66. The van der Waals surface area contributed by atoms with Crippen molar-refractivity contribution in [1.29, 1.82) is 0 Å². The predicted octanol–water partition coefficient (Wildman–Crippen LogP) is 3.34. The van der Waals surface area contributed by atoms with Crippen molar-refractivity contribution in [3.63, 3.8) is 0 Å². The Morgan fingerprint density at radius 1 is 1.05 bits per heavy atom. The van der Waals surface area contributed by atoms with Gasteiger partial charge in [-0.1, -0.05) is 54.6 Å². The number of rotatable bonds is 4. The largest absolute Gasteiger partial charge is 0.346 e. The number of aryl methyl sites for hydroxylation is 1. The number of carbonyl (C=O) groups excluding carboxylic acids is 1. The van der Waals surface area contributed by atoms with Gasteiger partial charge in [-0.25, -0.2) is 0 Å².